The number of carbonyl (C=O) groups excluding carboxylic acids is 1. The van der Waals surface area contributed by atoms with E-state index in [0.717, 1.165) is 18.9 Å². The predicted molar refractivity (Wildman–Crippen MR) is 103 cm³/mol. The van der Waals surface area contributed by atoms with Crippen LogP contribution in [0, 0.1) is 24.5 Å². The van der Waals surface area contributed by atoms with Crippen molar-refractivity contribution in [1.82, 2.24) is 15.3 Å². The average Bonchev–Trinajstić information content (AvgIpc) is 2.71. The molecule has 0 unspecified atom stereocenters. The monoisotopic (exact) mass is 420 g/mol. The molecule has 2 aromatic rings. The second kappa shape index (κ2) is 9.02. The summed E-state index contributed by atoms with van der Waals surface area (Å²) in [5.41, 5.74) is 0.610. The van der Waals surface area contributed by atoms with Gasteiger partial charge < -0.3 is 20.4 Å². The number of nitrogens with one attached hydrogen (secondary N) is 1. The lowest BCUT2D eigenvalue weighted by atomic mass is 9.92. The number of carboxylic acids is 1. The number of aryl methyl sites for hydroxylation is 1. The van der Waals surface area contributed by atoms with E-state index in [1.54, 1.807) is 13.0 Å². The Labute approximate surface area is 171 Å². The van der Waals surface area contributed by atoms with Gasteiger partial charge >= 0.3 is 5.97 Å². The van der Waals surface area contributed by atoms with Crippen LogP contribution in [0.1, 0.15) is 34.8 Å². The van der Waals surface area contributed by atoms with E-state index in [2.05, 4.69) is 15.3 Å². The third-order valence-electron chi connectivity index (χ3n) is 5.07. The molecule has 0 atom stereocenters. The van der Waals surface area contributed by atoms with Crippen LogP contribution in [0.2, 0.25) is 0 Å². The number of benzene rings is 1. The number of aromatic nitrogens is 2. The minimum Gasteiger partial charge on any atom is -0.504 e. The highest BCUT2D eigenvalue weighted by molar-refractivity contribution is 5.96. The molecule has 0 aliphatic carbocycles. The van der Waals surface area contributed by atoms with Crippen LogP contribution in [0.5, 0.6) is 5.75 Å². The van der Waals surface area contributed by atoms with Crippen molar-refractivity contribution in [2.24, 2.45) is 5.92 Å². The van der Waals surface area contributed by atoms with Crippen LogP contribution in [-0.2, 0) is 11.2 Å². The summed E-state index contributed by atoms with van der Waals surface area (Å²) in [5.74, 6) is -3.53. The standard InChI is InChI=1S/C20H22F2N4O4/c1-11-19(29)18(20(30)23-10-17(27)28)25-16(24-11)8-12-4-6-26(7-5-12)13-2-3-14(21)15(22)9-13/h2-3,9,12,29H,4-8,10H2,1H3,(H,23,30)(H,27,28). The van der Waals surface area contributed by atoms with Gasteiger partial charge in [-0.2, -0.15) is 0 Å². The number of hydrogen-bond donors (Lipinski definition) is 3. The van der Waals surface area contributed by atoms with Gasteiger partial charge in [0.25, 0.3) is 5.91 Å². The molecule has 10 heteroatoms. The SMILES string of the molecule is Cc1nc(CC2CCN(c3ccc(F)c(F)c3)CC2)nc(C(=O)NCC(=O)O)c1O. The molecule has 1 amide bonds. The fourth-order valence-corrected chi connectivity index (χ4v) is 3.45. The highest BCUT2D eigenvalue weighted by atomic mass is 19.2. The van der Waals surface area contributed by atoms with Gasteiger partial charge in [-0.25, -0.2) is 18.7 Å². The summed E-state index contributed by atoms with van der Waals surface area (Å²) in [5, 5.41) is 20.9. The molecule has 30 heavy (non-hydrogen) atoms. The molecule has 0 radical (unpaired) electrons. The molecular weight excluding hydrogens is 398 g/mol. The third-order valence-corrected chi connectivity index (χ3v) is 5.07. The summed E-state index contributed by atoms with van der Waals surface area (Å²) in [4.78, 5) is 33.1. The molecule has 1 aliphatic rings. The van der Waals surface area contributed by atoms with Crippen molar-refractivity contribution in [1.29, 1.82) is 0 Å². The molecule has 0 bridgehead atoms. The number of rotatable bonds is 6. The highest BCUT2D eigenvalue weighted by Crippen LogP contribution is 2.27. The molecule has 1 saturated heterocycles. The summed E-state index contributed by atoms with van der Waals surface area (Å²) in [7, 11) is 0. The van der Waals surface area contributed by atoms with E-state index < -0.39 is 30.1 Å². The Hall–Kier alpha value is -3.30. The van der Waals surface area contributed by atoms with E-state index in [9.17, 15) is 23.5 Å². The molecule has 1 fully saturated rings. The number of halogens is 2. The molecule has 3 rings (SSSR count). The fourth-order valence-electron chi connectivity index (χ4n) is 3.45. The number of carbonyl (C=O) groups is 2. The normalized spacial score (nSPS) is 14.6. The second-order valence-corrected chi connectivity index (χ2v) is 7.23. The Morgan fingerprint density at radius 3 is 2.53 bits per heavy atom. The Balaban J connectivity index is 1.65. The zero-order chi connectivity index (χ0) is 21.8. The van der Waals surface area contributed by atoms with Gasteiger partial charge in [0, 0.05) is 31.3 Å². The maximum atomic E-state index is 13.5. The van der Waals surface area contributed by atoms with Crippen molar-refractivity contribution in [3.63, 3.8) is 0 Å². The number of aliphatic carboxylic acids is 1. The quantitative estimate of drug-likeness (QED) is 0.655. The van der Waals surface area contributed by atoms with Crippen LogP contribution in [0.3, 0.4) is 0 Å². The van der Waals surface area contributed by atoms with E-state index in [1.165, 1.54) is 6.07 Å². The van der Waals surface area contributed by atoms with Crippen molar-refractivity contribution in [2.45, 2.75) is 26.2 Å². The molecule has 0 spiro atoms. The molecule has 1 aromatic heterocycles. The molecular formula is C20H22F2N4O4. The van der Waals surface area contributed by atoms with Gasteiger partial charge in [-0.15, -0.1) is 0 Å². The smallest absolute Gasteiger partial charge is 0.322 e. The number of carboxylic acid groups (broad SMARTS) is 1. The first-order valence-electron chi connectivity index (χ1n) is 9.51. The minimum atomic E-state index is -1.21. The van der Waals surface area contributed by atoms with Crippen LogP contribution in [0.25, 0.3) is 0 Å². The van der Waals surface area contributed by atoms with Crippen LogP contribution >= 0.6 is 0 Å². The number of hydrogen-bond acceptors (Lipinski definition) is 6. The van der Waals surface area contributed by atoms with E-state index in [-0.39, 0.29) is 23.1 Å². The first-order valence-corrected chi connectivity index (χ1v) is 9.51. The Morgan fingerprint density at radius 2 is 1.90 bits per heavy atom. The lowest BCUT2D eigenvalue weighted by Crippen LogP contribution is -2.34. The van der Waals surface area contributed by atoms with Gasteiger partial charge in [-0.05, 0) is 37.8 Å². The van der Waals surface area contributed by atoms with E-state index in [1.807, 2.05) is 4.90 Å². The summed E-state index contributed by atoms with van der Waals surface area (Å²) in [6.07, 6.45) is 2.01. The largest absolute Gasteiger partial charge is 0.504 e. The van der Waals surface area contributed by atoms with Crippen LogP contribution < -0.4 is 10.2 Å². The van der Waals surface area contributed by atoms with Crippen LogP contribution in [0.15, 0.2) is 18.2 Å². The summed E-state index contributed by atoms with van der Waals surface area (Å²) >= 11 is 0. The van der Waals surface area contributed by atoms with Gasteiger partial charge in [-0.3, -0.25) is 9.59 Å². The Bertz CT molecular complexity index is 962. The zero-order valence-corrected chi connectivity index (χ0v) is 16.4. The third kappa shape index (κ3) is 5.00. The molecule has 1 aliphatic heterocycles. The van der Waals surface area contributed by atoms with Crippen molar-refractivity contribution >= 4 is 17.6 Å². The number of amides is 1. The first kappa shape index (κ1) is 21.4. The lowest BCUT2D eigenvalue weighted by Gasteiger charge is -2.33. The number of aromatic hydroxyl groups is 1. The maximum absolute atomic E-state index is 13.5. The number of anilines is 1. The van der Waals surface area contributed by atoms with Crippen molar-refractivity contribution < 1.29 is 28.6 Å². The van der Waals surface area contributed by atoms with Crippen molar-refractivity contribution in [2.75, 3.05) is 24.5 Å². The maximum Gasteiger partial charge on any atom is 0.322 e. The molecule has 3 N–H and O–H groups in total. The van der Waals surface area contributed by atoms with Gasteiger partial charge in [0.05, 0.1) is 5.69 Å². The lowest BCUT2D eigenvalue weighted by molar-refractivity contribution is -0.135. The molecule has 0 saturated carbocycles. The van der Waals surface area contributed by atoms with Crippen LogP contribution in [0.4, 0.5) is 14.5 Å². The van der Waals surface area contributed by atoms with E-state index in [4.69, 9.17) is 5.11 Å². The van der Waals surface area contributed by atoms with Gasteiger partial charge in [0.1, 0.15) is 12.4 Å². The minimum absolute atomic E-state index is 0.213. The van der Waals surface area contributed by atoms with E-state index >= 15 is 0 Å². The van der Waals surface area contributed by atoms with Crippen molar-refractivity contribution in [3.05, 3.63) is 47.0 Å². The highest BCUT2D eigenvalue weighted by Gasteiger charge is 2.24. The average molecular weight is 420 g/mol. The van der Waals surface area contributed by atoms with Crippen molar-refractivity contribution in [3.8, 4) is 5.75 Å². The number of nitrogens with zero attached hydrogens (tertiary/aromatic N) is 3. The van der Waals surface area contributed by atoms with Gasteiger partial charge in [0.2, 0.25) is 0 Å². The summed E-state index contributed by atoms with van der Waals surface area (Å²) in [6.45, 7) is 2.26. The fraction of sp³-hybridized carbons (Fsp3) is 0.400. The van der Waals surface area contributed by atoms with Crippen LogP contribution in [-0.4, -0.2) is 51.7 Å². The topological polar surface area (TPSA) is 116 Å². The molecule has 160 valence electrons. The summed E-state index contributed by atoms with van der Waals surface area (Å²) < 4.78 is 26.6. The molecule has 8 nitrogen and oxygen atoms in total. The Morgan fingerprint density at radius 1 is 1.20 bits per heavy atom. The Kier molecular flexibility index (Phi) is 6.43. The predicted octanol–water partition coefficient (Wildman–Crippen LogP) is 2.04. The van der Waals surface area contributed by atoms with E-state index in [0.29, 0.717) is 31.0 Å². The number of piperidine rings is 1. The van der Waals surface area contributed by atoms with Gasteiger partial charge in [0.15, 0.2) is 23.1 Å². The first-order chi connectivity index (χ1) is 14.2. The zero-order valence-electron chi connectivity index (χ0n) is 16.4. The summed E-state index contributed by atoms with van der Waals surface area (Å²) in [6, 6.07) is 3.85. The molecule has 2 heterocycles. The molecule has 1 aromatic carbocycles. The second-order valence-electron chi connectivity index (χ2n) is 7.23. The van der Waals surface area contributed by atoms with Gasteiger partial charge in [-0.1, -0.05) is 0 Å².